The van der Waals surface area contributed by atoms with Crippen LogP contribution in [0.15, 0.2) is 17.1 Å². The Hall–Kier alpha value is -1.21. The lowest BCUT2D eigenvalue weighted by Crippen LogP contribution is -2.66. The number of fused-ring (bicyclic) bond motifs is 7. The van der Waals surface area contributed by atoms with Gasteiger partial charge in [-0.25, -0.2) is 4.79 Å². The molecule has 0 N–H and O–H groups in total. The topological polar surface area (TPSA) is 46.5 Å². The number of nitrogens with zero attached hydrogens (tertiary/aromatic N) is 1. The fourth-order valence-corrected chi connectivity index (χ4v) is 11.2. The van der Waals surface area contributed by atoms with Crippen LogP contribution in [0.2, 0.25) is 0 Å². The molecule has 0 aromatic carbocycles. The van der Waals surface area contributed by atoms with E-state index in [0.717, 1.165) is 32.1 Å². The van der Waals surface area contributed by atoms with E-state index in [2.05, 4.69) is 53.1 Å². The first-order chi connectivity index (χ1) is 15.4. The Kier molecular flexibility index (Phi) is 5.10. The van der Waals surface area contributed by atoms with Crippen molar-refractivity contribution >= 4 is 11.9 Å². The lowest BCUT2D eigenvalue weighted by Gasteiger charge is -2.72. The summed E-state index contributed by atoms with van der Waals surface area (Å²) in [7, 11) is 0. The monoisotopic (exact) mass is 451 g/mol. The van der Waals surface area contributed by atoms with Crippen molar-refractivity contribution in [3.63, 3.8) is 0 Å². The maximum Gasteiger partial charge on any atom is 0.235 e. The van der Waals surface area contributed by atoms with Crippen LogP contribution < -0.4 is 0 Å². The van der Waals surface area contributed by atoms with Crippen molar-refractivity contribution in [2.45, 2.75) is 111 Å². The van der Waals surface area contributed by atoms with Crippen LogP contribution in [0, 0.1) is 51.2 Å². The first kappa shape index (κ1) is 23.5. The molecular weight excluding hydrogens is 406 g/mol. The van der Waals surface area contributed by atoms with Crippen LogP contribution in [0.25, 0.3) is 0 Å². The number of ketones is 1. The number of isocyanates is 1. The lowest BCUT2D eigenvalue weighted by atomic mass is 9.32. The first-order valence-corrected chi connectivity index (χ1v) is 13.7. The smallest absolute Gasteiger partial charge is 0.235 e. The van der Waals surface area contributed by atoms with Crippen molar-refractivity contribution in [2.75, 3.05) is 0 Å². The number of rotatable bonds is 2. The number of hydrogen-bond donors (Lipinski definition) is 0. The van der Waals surface area contributed by atoms with Gasteiger partial charge in [-0.05, 0) is 111 Å². The Morgan fingerprint density at radius 3 is 2.30 bits per heavy atom. The molecule has 5 aliphatic carbocycles. The van der Waals surface area contributed by atoms with Gasteiger partial charge in [0, 0.05) is 11.8 Å². The summed E-state index contributed by atoms with van der Waals surface area (Å²) in [5.74, 6) is 3.16. The zero-order valence-corrected chi connectivity index (χ0v) is 21.9. The summed E-state index contributed by atoms with van der Waals surface area (Å²) in [6.45, 7) is 18.8. The molecule has 0 heterocycles. The molecule has 182 valence electrons. The van der Waals surface area contributed by atoms with Crippen LogP contribution in [0.4, 0.5) is 0 Å². The largest absolute Gasteiger partial charge is 0.299 e. The number of aliphatic imine (C=N–C) groups is 1. The fraction of sp³-hybridized carbons (Fsp3) is 0.867. The quantitative estimate of drug-likeness (QED) is 0.251. The zero-order valence-electron chi connectivity index (χ0n) is 21.9. The van der Waals surface area contributed by atoms with Crippen molar-refractivity contribution in [1.29, 1.82) is 0 Å². The minimum atomic E-state index is -0.209. The molecule has 5 fully saturated rings. The van der Waals surface area contributed by atoms with Crippen LogP contribution in [0.1, 0.15) is 106 Å². The Bertz CT molecular complexity index is 930. The Balaban J connectivity index is 1.57. The summed E-state index contributed by atoms with van der Waals surface area (Å²) in [5.41, 5.74) is 1.65. The molecule has 0 amide bonds. The molecule has 0 saturated heterocycles. The highest BCUT2D eigenvalue weighted by Crippen LogP contribution is 2.76. The molecule has 0 unspecified atom stereocenters. The van der Waals surface area contributed by atoms with E-state index in [4.69, 9.17) is 0 Å². The van der Waals surface area contributed by atoms with Gasteiger partial charge in [-0.2, -0.15) is 4.99 Å². The van der Waals surface area contributed by atoms with E-state index in [1.54, 1.807) is 0 Å². The van der Waals surface area contributed by atoms with Crippen molar-refractivity contribution in [2.24, 2.45) is 56.2 Å². The summed E-state index contributed by atoms with van der Waals surface area (Å²) >= 11 is 0. The van der Waals surface area contributed by atoms with E-state index in [9.17, 15) is 9.59 Å². The van der Waals surface area contributed by atoms with Gasteiger partial charge in [0.15, 0.2) is 0 Å². The normalized spacial score (nSPS) is 52.5. The summed E-state index contributed by atoms with van der Waals surface area (Å²) < 4.78 is 0. The van der Waals surface area contributed by atoms with Gasteiger partial charge in [0.05, 0.1) is 5.54 Å². The number of carbonyl (C=O) groups excluding carboxylic acids is 2. The summed E-state index contributed by atoms with van der Waals surface area (Å²) in [4.78, 5) is 29.1. The molecular formula is C30H45NO2. The number of Topliss-reactive ketones (excluding diaryl/α,β-unsaturated/α-hetero) is 1. The molecule has 5 saturated carbocycles. The van der Waals surface area contributed by atoms with Gasteiger partial charge in [0.2, 0.25) is 6.08 Å². The molecule has 0 spiro atoms. The minimum Gasteiger partial charge on any atom is -0.299 e. The summed E-state index contributed by atoms with van der Waals surface area (Å²) in [5, 5.41) is 0. The van der Waals surface area contributed by atoms with Gasteiger partial charge in [-0.15, -0.1) is 0 Å². The Morgan fingerprint density at radius 2 is 1.64 bits per heavy atom. The third-order valence-corrected chi connectivity index (χ3v) is 13.0. The molecule has 5 rings (SSSR count). The molecule has 0 aromatic heterocycles. The minimum absolute atomic E-state index is 0.191. The van der Waals surface area contributed by atoms with Gasteiger partial charge in [-0.3, -0.25) is 4.79 Å². The van der Waals surface area contributed by atoms with Crippen LogP contribution >= 0.6 is 0 Å². The number of carbonyl (C=O) groups is 1. The number of allylic oxidation sites excluding steroid dienone is 1. The SMILES string of the molecule is C=C(C)[C@@H]1CC[C@]2(N=C=O)CC[C@]3(C)[C@H](CC[C@@H]4[C@@]5(C)CCC(=O)C(C)(C)[C@H]5CC[C@]43C)[C@H]12. The molecule has 0 aliphatic heterocycles. The van der Waals surface area contributed by atoms with Crippen LogP contribution in [-0.2, 0) is 9.59 Å². The maximum absolute atomic E-state index is 12.9. The van der Waals surface area contributed by atoms with E-state index in [1.165, 1.54) is 37.7 Å². The first-order valence-electron chi connectivity index (χ1n) is 13.7. The van der Waals surface area contributed by atoms with Crippen LogP contribution in [0.5, 0.6) is 0 Å². The Labute approximate surface area is 201 Å². The van der Waals surface area contributed by atoms with Crippen LogP contribution in [-0.4, -0.2) is 17.4 Å². The van der Waals surface area contributed by atoms with Gasteiger partial charge in [0.1, 0.15) is 5.78 Å². The van der Waals surface area contributed by atoms with Gasteiger partial charge >= 0.3 is 0 Å². The predicted octanol–water partition coefficient (Wildman–Crippen LogP) is 7.30. The second-order valence-corrected chi connectivity index (χ2v) is 14.1. The standard InChI is InChI=1S/C30H45NO2/c1-19(2)20-10-15-30(31-18-32)17-16-28(6)21(25(20)30)8-9-23-27(5)13-12-24(33)26(3,4)22(27)11-14-29(23,28)7/h20-23,25H,1,8-17H2,2-7H3/t20-,21+,22+,23+,25-,27-,28+,29+,30-/m0/s1. The van der Waals surface area contributed by atoms with E-state index in [0.29, 0.717) is 35.4 Å². The van der Waals surface area contributed by atoms with E-state index in [-0.39, 0.29) is 27.2 Å². The second kappa shape index (κ2) is 7.16. The highest BCUT2D eigenvalue weighted by Gasteiger charge is 2.71. The molecule has 3 heteroatoms. The fourth-order valence-electron chi connectivity index (χ4n) is 11.2. The third-order valence-electron chi connectivity index (χ3n) is 13.0. The lowest BCUT2D eigenvalue weighted by molar-refractivity contribution is -0.227. The van der Waals surface area contributed by atoms with Gasteiger partial charge < -0.3 is 0 Å². The van der Waals surface area contributed by atoms with Gasteiger partial charge in [-0.1, -0.05) is 46.8 Å². The maximum atomic E-state index is 12.9. The molecule has 0 radical (unpaired) electrons. The average molecular weight is 452 g/mol. The van der Waals surface area contributed by atoms with E-state index < -0.39 is 0 Å². The molecule has 0 aromatic rings. The van der Waals surface area contributed by atoms with Crippen molar-refractivity contribution in [3.8, 4) is 0 Å². The molecule has 3 nitrogen and oxygen atoms in total. The third kappa shape index (κ3) is 2.78. The zero-order chi connectivity index (χ0) is 24.0. The Morgan fingerprint density at radius 1 is 0.909 bits per heavy atom. The number of hydrogen-bond acceptors (Lipinski definition) is 3. The average Bonchev–Trinajstić information content (AvgIpc) is 3.12. The van der Waals surface area contributed by atoms with E-state index >= 15 is 0 Å². The van der Waals surface area contributed by atoms with Crippen molar-refractivity contribution in [1.82, 2.24) is 0 Å². The van der Waals surface area contributed by atoms with Crippen molar-refractivity contribution < 1.29 is 9.59 Å². The van der Waals surface area contributed by atoms with E-state index in [1.807, 2.05) is 6.08 Å². The highest BCUT2D eigenvalue weighted by molar-refractivity contribution is 5.85. The second-order valence-electron chi connectivity index (χ2n) is 14.1. The molecule has 0 bridgehead atoms. The molecule has 5 aliphatic rings. The summed E-state index contributed by atoms with van der Waals surface area (Å²) in [6.07, 6.45) is 13.1. The predicted molar refractivity (Wildman–Crippen MR) is 132 cm³/mol. The van der Waals surface area contributed by atoms with Gasteiger partial charge in [0.25, 0.3) is 0 Å². The van der Waals surface area contributed by atoms with Crippen molar-refractivity contribution in [3.05, 3.63) is 12.2 Å². The molecule has 9 atom stereocenters. The van der Waals surface area contributed by atoms with Crippen LogP contribution in [0.3, 0.4) is 0 Å². The highest BCUT2D eigenvalue weighted by atomic mass is 16.1. The summed E-state index contributed by atoms with van der Waals surface area (Å²) in [6, 6.07) is 0. The molecule has 33 heavy (non-hydrogen) atoms.